The molecule has 2 aliphatic heterocycles. The fraction of sp³-hybridized carbons (Fsp3) is 0.533. The molecule has 2 heterocycles. The van der Waals surface area contributed by atoms with E-state index in [0.717, 1.165) is 43.7 Å². The fourth-order valence-corrected chi connectivity index (χ4v) is 5.52. The van der Waals surface area contributed by atoms with Crippen molar-refractivity contribution in [2.45, 2.75) is 57.3 Å². The maximum Gasteiger partial charge on any atom is 0.349 e. The van der Waals surface area contributed by atoms with Gasteiger partial charge in [-0.15, -0.1) is 0 Å². The summed E-state index contributed by atoms with van der Waals surface area (Å²) >= 11 is 12.6. The number of amides is 1. The molecule has 224 valence electrons. The van der Waals surface area contributed by atoms with Gasteiger partial charge < -0.3 is 33.9 Å². The van der Waals surface area contributed by atoms with Gasteiger partial charge in [0, 0.05) is 64.1 Å². The molecule has 0 bridgehead atoms. The van der Waals surface area contributed by atoms with Crippen LogP contribution in [0, 0.1) is 0 Å². The number of carbonyl (C=O) groups excluding carboxylic acids is 2. The molecule has 1 spiro atoms. The van der Waals surface area contributed by atoms with Gasteiger partial charge in [-0.2, -0.15) is 0 Å². The van der Waals surface area contributed by atoms with Gasteiger partial charge in [-0.3, -0.25) is 4.79 Å². The van der Waals surface area contributed by atoms with Crippen molar-refractivity contribution in [3.8, 4) is 17.2 Å². The number of hydrogen-bond acceptors (Lipinski definition) is 8. The molecular formula is C30H38Cl2N2O7. The smallest absolute Gasteiger partial charge is 0.349 e. The summed E-state index contributed by atoms with van der Waals surface area (Å²) in [6.45, 7) is 6.93. The number of aliphatic hydroxyl groups is 1. The van der Waals surface area contributed by atoms with E-state index >= 15 is 0 Å². The SMILES string of the molecule is CCOC(=O)C(C)(C)Oc1cc(OC[C@H](O)CN2CCC3(CC2)Cc2cc(Cl)ccc2O3)c(C(=O)N(C)C)cc1Cl. The van der Waals surface area contributed by atoms with Crippen molar-refractivity contribution in [3.63, 3.8) is 0 Å². The lowest BCUT2D eigenvalue weighted by Gasteiger charge is -2.39. The Hall–Kier alpha value is -2.72. The third-order valence-electron chi connectivity index (χ3n) is 7.33. The second-order valence-electron chi connectivity index (χ2n) is 11.3. The third-order valence-corrected chi connectivity index (χ3v) is 7.86. The number of benzene rings is 2. The Morgan fingerprint density at radius 2 is 1.85 bits per heavy atom. The molecule has 1 atom stereocenters. The highest BCUT2D eigenvalue weighted by atomic mass is 35.5. The van der Waals surface area contributed by atoms with E-state index < -0.39 is 17.7 Å². The number of fused-ring (bicyclic) bond motifs is 1. The number of esters is 1. The molecule has 0 aliphatic carbocycles. The van der Waals surface area contributed by atoms with E-state index in [2.05, 4.69) is 4.90 Å². The van der Waals surface area contributed by atoms with Crippen molar-refractivity contribution in [1.82, 2.24) is 9.80 Å². The second-order valence-corrected chi connectivity index (χ2v) is 12.1. The highest BCUT2D eigenvalue weighted by Crippen LogP contribution is 2.42. The van der Waals surface area contributed by atoms with E-state index in [1.54, 1.807) is 34.9 Å². The average Bonchev–Trinajstić information content (AvgIpc) is 3.26. The van der Waals surface area contributed by atoms with Gasteiger partial charge in [0.15, 0.2) is 5.60 Å². The predicted molar refractivity (Wildman–Crippen MR) is 157 cm³/mol. The summed E-state index contributed by atoms with van der Waals surface area (Å²) in [5, 5.41) is 11.7. The van der Waals surface area contributed by atoms with Crippen molar-refractivity contribution in [1.29, 1.82) is 0 Å². The first kappa shape index (κ1) is 31.2. The van der Waals surface area contributed by atoms with Gasteiger partial charge in [0.05, 0.1) is 17.2 Å². The molecular weight excluding hydrogens is 571 g/mol. The first-order chi connectivity index (χ1) is 19.3. The lowest BCUT2D eigenvalue weighted by Crippen LogP contribution is -2.49. The number of piperidine rings is 1. The summed E-state index contributed by atoms with van der Waals surface area (Å²) in [7, 11) is 3.24. The number of ether oxygens (including phenoxy) is 4. The van der Waals surface area contributed by atoms with E-state index in [0.29, 0.717) is 11.6 Å². The summed E-state index contributed by atoms with van der Waals surface area (Å²) in [5.74, 6) is 0.366. The molecule has 1 N–H and O–H groups in total. The van der Waals surface area contributed by atoms with Crippen LogP contribution in [-0.2, 0) is 16.0 Å². The van der Waals surface area contributed by atoms with Gasteiger partial charge in [-0.05, 0) is 50.6 Å². The van der Waals surface area contributed by atoms with Gasteiger partial charge in [0.2, 0.25) is 0 Å². The quantitative estimate of drug-likeness (QED) is 0.390. The Labute approximate surface area is 251 Å². The van der Waals surface area contributed by atoms with Gasteiger partial charge in [-0.25, -0.2) is 4.79 Å². The van der Waals surface area contributed by atoms with Crippen LogP contribution in [0.25, 0.3) is 0 Å². The summed E-state index contributed by atoms with van der Waals surface area (Å²) < 4.78 is 23.3. The van der Waals surface area contributed by atoms with Crippen LogP contribution in [0.1, 0.15) is 49.5 Å². The summed E-state index contributed by atoms with van der Waals surface area (Å²) in [6, 6.07) is 8.66. The zero-order valence-corrected chi connectivity index (χ0v) is 25.7. The van der Waals surface area contributed by atoms with E-state index in [4.69, 9.17) is 42.1 Å². The molecule has 11 heteroatoms. The number of hydrogen-bond donors (Lipinski definition) is 1. The Balaban J connectivity index is 1.39. The first-order valence-corrected chi connectivity index (χ1v) is 14.5. The number of halogens is 2. The van der Waals surface area contributed by atoms with E-state index in [1.807, 2.05) is 18.2 Å². The van der Waals surface area contributed by atoms with E-state index in [9.17, 15) is 14.7 Å². The molecule has 0 unspecified atom stereocenters. The van der Waals surface area contributed by atoms with Crippen molar-refractivity contribution < 1.29 is 33.6 Å². The minimum atomic E-state index is -1.33. The number of β-amino-alcohol motifs (C(OH)–C–C–N with tert-alkyl or cyclic N) is 1. The number of likely N-dealkylation sites (tertiary alicyclic amines) is 1. The molecule has 0 saturated carbocycles. The Morgan fingerprint density at radius 1 is 1.15 bits per heavy atom. The van der Waals surface area contributed by atoms with Gasteiger partial charge >= 0.3 is 5.97 Å². The van der Waals surface area contributed by atoms with Crippen molar-refractivity contribution in [2.24, 2.45) is 0 Å². The van der Waals surface area contributed by atoms with E-state index in [1.165, 1.54) is 17.0 Å². The second kappa shape index (κ2) is 12.7. The molecule has 0 radical (unpaired) electrons. The standard InChI is InChI=1S/C30H38Cl2N2O7/c1-6-38-28(37)29(2,3)40-26-15-25(22(14-23(26)32)27(36)33(4)5)39-18-21(35)17-34-11-9-30(10-12-34)16-19-13-20(31)7-8-24(19)41-30/h7-8,13-15,21,35H,6,9-12,16-18H2,1-5H3/t21-/m1/s1. The number of carbonyl (C=O) groups is 2. The van der Waals surface area contributed by atoms with Crippen LogP contribution in [-0.4, -0.2) is 91.0 Å². The zero-order chi connectivity index (χ0) is 29.9. The fourth-order valence-electron chi connectivity index (χ4n) is 5.12. The molecule has 1 amide bonds. The van der Waals surface area contributed by atoms with E-state index in [-0.39, 0.29) is 46.8 Å². The molecule has 0 aromatic heterocycles. The lowest BCUT2D eigenvalue weighted by atomic mass is 9.87. The molecule has 1 saturated heterocycles. The predicted octanol–water partition coefficient (Wildman–Crippen LogP) is 4.63. The Morgan fingerprint density at radius 3 is 2.51 bits per heavy atom. The monoisotopic (exact) mass is 608 g/mol. The largest absolute Gasteiger partial charge is 0.490 e. The van der Waals surface area contributed by atoms with Crippen LogP contribution < -0.4 is 14.2 Å². The van der Waals surface area contributed by atoms with Crippen molar-refractivity contribution in [2.75, 3.05) is 46.9 Å². The van der Waals surface area contributed by atoms with Crippen LogP contribution in [0.3, 0.4) is 0 Å². The molecule has 41 heavy (non-hydrogen) atoms. The average molecular weight is 610 g/mol. The molecule has 4 rings (SSSR count). The minimum absolute atomic E-state index is 0.0574. The third kappa shape index (κ3) is 7.38. The maximum absolute atomic E-state index is 12.9. The number of nitrogens with zero attached hydrogens (tertiary/aromatic N) is 2. The van der Waals surface area contributed by atoms with Crippen molar-refractivity contribution >= 4 is 35.1 Å². The van der Waals surface area contributed by atoms with Crippen molar-refractivity contribution in [3.05, 3.63) is 51.5 Å². The summed E-state index contributed by atoms with van der Waals surface area (Å²) in [5.41, 5.74) is -0.208. The Bertz CT molecular complexity index is 1280. The van der Waals surface area contributed by atoms with Gasteiger partial charge in [0.25, 0.3) is 5.91 Å². The molecule has 9 nitrogen and oxygen atoms in total. The normalized spacial score (nSPS) is 17.0. The van der Waals surface area contributed by atoms with Gasteiger partial charge in [0.1, 0.15) is 35.6 Å². The van der Waals surface area contributed by atoms with Crippen LogP contribution in [0.15, 0.2) is 30.3 Å². The molecule has 1 fully saturated rings. The molecule has 2 aromatic rings. The topological polar surface area (TPSA) is 97.8 Å². The number of aliphatic hydroxyl groups excluding tert-OH is 1. The maximum atomic E-state index is 12.9. The first-order valence-electron chi connectivity index (χ1n) is 13.7. The highest BCUT2D eigenvalue weighted by molar-refractivity contribution is 6.32. The lowest BCUT2D eigenvalue weighted by molar-refractivity contribution is -0.158. The zero-order valence-electron chi connectivity index (χ0n) is 24.2. The Kier molecular flexibility index (Phi) is 9.63. The van der Waals surface area contributed by atoms with Crippen LogP contribution in [0.4, 0.5) is 0 Å². The van der Waals surface area contributed by atoms with Crippen LogP contribution >= 0.6 is 23.2 Å². The summed E-state index contributed by atoms with van der Waals surface area (Å²) in [4.78, 5) is 28.8. The van der Waals surface area contributed by atoms with Gasteiger partial charge in [-0.1, -0.05) is 23.2 Å². The van der Waals surface area contributed by atoms with Crippen LogP contribution in [0.2, 0.25) is 10.0 Å². The minimum Gasteiger partial charge on any atom is -0.490 e. The summed E-state index contributed by atoms with van der Waals surface area (Å²) in [6.07, 6.45) is 1.69. The number of rotatable bonds is 10. The molecule has 2 aliphatic rings. The van der Waals surface area contributed by atoms with Crippen LogP contribution in [0.5, 0.6) is 17.2 Å². The highest BCUT2D eigenvalue weighted by Gasteiger charge is 2.42. The molecule has 2 aromatic carbocycles.